The van der Waals surface area contributed by atoms with Crippen LogP contribution in [0.3, 0.4) is 0 Å². The van der Waals surface area contributed by atoms with E-state index in [-0.39, 0.29) is 0 Å². The van der Waals surface area contributed by atoms with Crippen LogP contribution >= 0.6 is 0 Å². The maximum absolute atomic E-state index is 3.54. The van der Waals surface area contributed by atoms with Gasteiger partial charge in [-0.25, -0.2) is 0 Å². The molecule has 1 aromatic rings. The Hall–Kier alpha value is -0.860. The fraction of sp³-hybridized carbons (Fsp3) is 0.538. The zero-order chi connectivity index (χ0) is 10.5. The van der Waals surface area contributed by atoms with Gasteiger partial charge in [0.15, 0.2) is 0 Å². The smallest absolute Gasteiger partial charge is 0.0322 e. The summed E-state index contributed by atoms with van der Waals surface area (Å²) in [7, 11) is 0. The summed E-state index contributed by atoms with van der Waals surface area (Å²) in [5.41, 5.74) is 1.42. The Balaban J connectivity index is 1.68. The van der Waals surface area contributed by atoms with E-state index in [0.717, 1.165) is 19.1 Å². The van der Waals surface area contributed by atoms with Gasteiger partial charge < -0.3 is 5.32 Å². The quantitative estimate of drug-likeness (QED) is 0.787. The summed E-state index contributed by atoms with van der Waals surface area (Å²) in [6.45, 7) is 6.88. The molecule has 1 heterocycles. The molecule has 1 aliphatic heterocycles. The molecular formula is C13H20N2. The Labute approximate surface area is 92.3 Å². The minimum atomic E-state index is 0.730. The summed E-state index contributed by atoms with van der Waals surface area (Å²) < 4.78 is 0. The van der Waals surface area contributed by atoms with Gasteiger partial charge in [-0.15, -0.1) is 0 Å². The first-order valence-electron chi connectivity index (χ1n) is 5.88. The lowest BCUT2D eigenvalue weighted by atomic mass is 10.1. The van der Waals surface area contributed by atoms with Crippen LogP contribution in [0.2, 0.25) is 0 Å². The molecule has 0 bridgehead atoms. The van der Waals surface area contributed by atoms with Crippen molar-refractivity contribution in [1.29, 1.82) is 0 Å². The lowest BCUT2D eigenvalue weighted by Gasteiger charge is -2.39. The molecule has 2 rings (SSSR count). The third-order valence-corrected chi connectivity index (χ3v) is 2.89. The topological polar surface area (TPSA) is 15.3 Å². The zero-order valence-electron chi connectivity index (χ0n) is 9.45. The number of nitrogens with zero attached hydrogens (tertiary/aromatic N) is 1. The van der Waals surface area contributed by atoms with Crippen molar-refractivity contribution >= 4 is 0 Å². The predicted octanol–water partition coefficient (Wildman–Crippen LogP) is 1.87. The zero-order valence-corrected chi connectivity index (χ0v) is 9.45. The van der Waals surface area contributed by atoms with E-state index < -0.39 is 0 Å². The van der Waals surface area contributed by atoms with Gasteiger partial charge in [0.2, 0.25) is 0 Å². The van der Waals surface area contributed by atoms with Crippen LogP contribution in [-0.4, -0.2) is 30.6 Å². The van der Waals surface area contributed by atoms with E-state index in [4.69, 9.17) is 0 Å². The van der Waals surface area contributed by atoms with Crippen LogP contribution in [0.5, 0.6) is 0 Å². The van der Waals surface area contributed by atoms with Crippen molar-refractivity contribution in [3.05, 3.63) is 35.9 Å². The molecular weight excluding hydrogens is 184 g/mol. The Morgan fingerprint density at radius 1 is 1.27 bits per heavy atom. The van der Waals surface area contributed by atoms with E-state index in [9.17, 15) is 0 Å². The van der Waals surface area contributed by atoms with Gasteiger partial charge in [-0.2, -0.15) is 0 Å². The van der Waals surface area contributed by atoms with E-state index >= 15 is 0 Å². The SMILES string of the molecule is CCCNC1CN(Cc2ccccc2)C1. The highest BCUT2D eigenvalue weighted by Gasteiger charge is 2.25. The lowest BCUT2D eigenvalue weighted by molar-refractivity contribution is 0.119. The van der Waals surface area contributed by atoms with Gasteiger partial charge in [-0.05, 0) is 18.5 Å². The fourth-order valence-corrected chi connectivity index (χ4v) is 2.02. The van der Waals surface area contributed by atoms with E-state index in [2.05, 4.69) is 47.5 Å². The number of nitrogens with one attached hydrogen (secondary N) is 1. The second-order valence-corrected chi connectivity index (χ2v) is 4.33. The number of rotatable bonds is 5. The maximum Gasteiger partial charge on any atom is 0.0322 e. The van der Waals surface area contributed by atoms with Crippen molar-refractivity contribution < 1.29 is 0 Å². The summed E-state index contributed by atoms with van der Waals surface area (Å²) in [5, 5.41) is 3.54. The average Bonchev–Trinajstić information content (AvgIpc) is 2.23. The molecule has 0 unspecified atom stereocenters. The molecule has 82 valence electrons. The van der Waals surface area contributed by atoms with Gasteiger partial charge in [-0.3, -0.25) is 4.90 Å². The van der Waals surface area contributed by atoms with E-state index in [1.54, 1.807) is 0 Å². The summed E-state index contributed by atoms with van der Waals surface area (Å²) in [4.78, 5) is 2.49. The van der Waals surface area contributed by atoms with Crippen LogP contribution in [-0.2, 0) is 6.54 Å². The third-order valence-electron chi connectivity index (χ3n) is 2.89. The molecule has 0 saturated carbocycles. The van der Waals surface area contributed by atoms with E-state index in [1.807, 2.05) is 0 Å². The van der Waals surface area contributed by atoms with Gasteiger partial charge in [0.25, 0.3) is 0 Å². The van der Waals surface area contributed by atoms with E-state index in [1.165, 1.54) is 25.1 Å². The molecule has 0 radical (unpaired) electrons. The van der Waals surface area contributed by atoms with Crippen molar-refractivity contribution in [1.82, 2.24) is 10.2 Å². The van der Waals surface area contributed by atoms with Crippen LogP contribution in [0.4, 0.5) is 0 Å². The molecule has 0 spiro atoms. The second-order valence-electron chi connectivity index (χ2n) is 4.33. The molecule has 1 saturated heterocycles. The van der Waals surface area contributed by atoms with Crippen LogP contribution in [0.1, 0.15) is 18.9 Å². The number of likely N-dealkylation sites (tertiary alicyclic amines) is 1. The molecule has 0 atom stereocenters. The average molecular weight is 204 g/mol. The molecule has 1 aliphatic rings. The first kappa shape index (κ1) is 10.7. The standard InChI is InChI=1S/C13H20N2/c1-2-8-14-13-10-15(11-13)9-12-6-4-3-5-7-12/h3-7,13-14H,2,8-11H2,1H3. The van der Waals surface area contributed by atoms with Crippen molar-refractivity contribution in [2.75, 3.05) is 19.6 Å². The Kier molecular flexibility index (Phi) is 3.75. The maximum atomic E-state index is 3.54. The number of hydrogen-bond acceptors (Lipinski definition) is 2. The summed E-state index contributed by atoms with van der Waals surface area (Å²) in [6, 6.07) is 11.4. The second kappa shape index (κ2) is 5.29. The predicted molar refractivity (Wildman–Crippen MR) is 63.8 cm³/mol. The van der Waals surface area contributed by atoms with Crippen molar-refractivity contribution in [2.45, 2.75) is 25.9 Å². The van der Waals surface area contributed by atoms with Crippen molar-refractivity contribution in [2.24, 2.45) is 0 Å². The largest absolute Gasteiger partial charge is 0.311 e. The molecule has 0 aliphatic carbocycles. The molecule has 1 fully saturated rings. The van der Waals surface area contributed by atoms with E-state index in [0.29, 0.717) is 0 Å². The van der Waals surface area contributed by atoms with Gasteiger partial charge in [0, 0.05) is 25.7 Å². The van der Waals surface area contributed by atoms with Crippen molar-refractivity contribution in [3.63, 3.8) is 0 Å². The molecule has 1 aromatic carbocycles. The molecule has 2 nitrogen and oxygen atoms in total. The Morgan fingerprint density at radius 2 is 2.00 bits per heavy atom. The summed E-state index contributed by atoms with van der Waals surface area (Å²) in [5.74, 6) is 0. The summed E-state index contributed by atoms with van der Waals surface area (Å²) >= 11 is 0. The number of hydrogen-bond donors (Lipinski definition) is 1. The Bertz CT molecular complexity index is 278. The van der Waals surface area contributed by atoms with Crippen LogP contribution in [0.25, 0.3) is 0 Å². The number of benzene rings is 1. The Morgan fingerprint density at radius 3 is 2.67 bits per heavy atom. The highest BCUT2D eigenvalue weighted by Crippen LogP contribution is 2.12. The molecule has 15 heavy (non-hydrogen) atoms. The molecule has 2 heteroatoms. The highest BCUT2D eigenvalue weighted by molar-refractivity contribution is 5.15. The molecule has 0 amide bonds. The lowest BCUT2D eigenvalue weighted by Crippen LogP contribution is -2.57. The van der Waals surface area contributed by atoms with Crippen molar-refractivity contribution in [3.8, 4) is 0 Å². The molecule has 1 N–H and O–H groups in total. The highest BCUT2D eigenvalue weighted by atomic mass is 15.2. The van der Waals surface area contributed by atoms with Gasteiger partial charge >= 0.3 is 0 Å². The van der Waals surface area contributed by atoms with Crippen LogP contribution in [0, 0.1) is 0 Å². The first-order valence-corrected chi connectivity index (χ1v) is 5.88. The fourth-order valence-electron chi connectivity index (χ4n) is 2.02. The van der Waals surface area contributed by atoms with Gasteiger partial charge in [0.05, 0.1) is 0 Å². The summed E-state index contributed by atoms with van der Waals surface area (Å²) in [6.07, 6.45) is 1.23. The van der Waals surface area contributed by atoms with Crippen LogP contribution in [0.15, 0.2) is 30.3 Å². The minimum Gasteiger partial charge on any atom is -0.311 e. The first-order chi connectivity index (χ1) is 7.38. The monoisotopic (exact) mass is 204 g/mol. The van der Waals surface area contributed by atoms with Gasteiger partial charge in [-0.1, -0.05) is 37.3 Å². The third kappa shape index (κ3) is 3.05. The normalized spacial score (nSPS) is 17.7. The minimum absolute atomic E-state index is 0.730. The van der Waals surface area contributed by atoms with Crippen LogP contribution < -0.4 is 5.32 Å². The van der Waals surface area contributed by atoms with Gasteiger partial charge in [0.1, 0.15) is 0 Å². The molecule has 0 aromatic heterocycles.